The van der Waals surface area contributed by atoms with Gasteiger partial charge >= 0.3 is 0 Å². The van der Waals surface area contributed by atoms with E-state index < -0.39 is 0 Å². The third kappa shape index (κ3) is 4.62. The molecular formula is C18H29NO3. The molecule has 124 valence electrons. The molecule has 0 radical (unpaired) electrons. The van der Waals surface area contributed by atoms with Gasteiger partial charge in [-0.05, 0) is 70.0 Å². The maximum Gasteiger partial charge on any atom is 0.119 e. The van der Waals surface area contributed by atoms with Gasteiger partial charge in [0.15, 0.2) is 0 Å². The number of benzene rings is 1. The molecule has 1 fully saturated rings. The van der Waals surface area contributed by atoms with Crippen molar-refractivity contribution in [1.29, 1.82) is 0 Å². The van der Waals surface area contributed by atoms with E-state index in [9.17, 15) is 5.11 Å². The van der Waals surface area contributed by atoms with Crippen molar-refractivity contribution in [2.24, 2.45) is 11.8 Å². The van der Waals surface area contributed by atoms with Crippen LogP contribution in [0.1, 0.15) is 26.7 Å². The first-order valence-corrected chi connectivity index (χ1v) is 8.25. The summed E-state index contributed by atoms with van der Waals surface area (Å²) >= 11 is 0. The van der Waals surface area contributed by atoms with Gasteiger partial charge < -0.3 is 19.5 Å². The Balaban J connectivity index is 1.82. The second-order valence-electron chi connectivity index (χ2n) is 6.40. The van der Waals surface area contributed by atoms with Crippen LogP contribution in [0.3, 0.4) is 0 Å². The normalized spacial score (nSPS) is 18.4. The highest BCUT2D eigenvalue weighted by atomic mass is 16.5. The van der Waals surface area contributed by atoms with Crippen molar-refractivity contribution in [2.75, 3.05) is 33.4 Å². The van der Waals surface area contributed by atoms with Crippen LogP contribution in [-0.2, 0) is 0 Å². The number of nitrogens with zero attached hydrogens (tertiary/aromatic N) is 1. The average molecular weight is 307 g/mol. The molecule has 1 atom stereocenters. The minimum absolute atomic E-state index is 0.197. The third-order valence-corrected chi connectivity index (χ3v) is 4.73. The Bertz CT molecular complexity index is 424. The first kappa shape index (κ1) is 17.1. The van der Waals surface area contributed by atoms with Crippen LogP contribution in [-0.4, -0.2) is 49.5 Å². The molecule has 2 rings (SSSR count). The Morgan fingerprint density at radius 2 is 1.73 bits per heavy atom. The first-order chi connectivity index (χ1) is 10.6. The Kier molecular flexibility index (Phi) is 6.52. The Morgan fingerprint density at radius 1 is 1.14 bits per heavy atom. The minimum Gasteiger partial charge on any atom is -0.497 e. The smallest absolute Gasteiger partial charge is 0.119 e. The minimum atomic E-state index is 0.197. The summed E-state index contributed by atoms with van der Waals surface area (Å²) in [5.41, 5.74) is 0. The highest BCUT2D eigenvalue weighted by molar-refractivity contribution is 5.31. The second kappa shape index (κ2) is 8.39. The van der Waals surface area contributed by atoms with Crippen molar-refractivity contribution < 1.29 is 14.6 Å². The number of hydrogen-bond acceptors (Lipinski definition) is 4. The van der Waals surface area contributed by atoms with Crippen LogP contribution in [0.15, 0.2) is 24.3 Å². The standard InChI is InChI=1S/C18H29NO3/c1-14(2)19-10-8-15(9-11-19)16(12-20)13-22-18-6-4-17(21-3)5-7-18/h4-7,14-16,20H,8-13H2,1-3H3. The predicted octanol–water partition coefficient (Wildman–Crippen LogP) is 2.80. The Morgan fingerprint density at radius 3 is 2.23 bits per heavy atom. The summed E-state index contributed by atoms with van der Waals surface area (Å²) in [6.07, 6.45) is 2.30. The van der Waals surface area contributed by atoms with Crippen LogP contribution in [0.25, 0.3) is 0 Å². The van der Waals surface area contributed by atoms with Gasteiger partial charge in [-0.15, -0.1) is 0 Å². The van der Waals surface area contributed by atoms with Gasteiger partial charge in [0.1, 0.15) is 11.5 Å². The van der Waals surface area contributed by atoms with E-state index in [4.69, 9.17) is 9.47 Å². The molecule has 0 amide bonds. The van der Waals surface area contributed by atoms with Gasteiger partial charge in [0.2, 0.25) is 0 Å². The monoisotopic (exact) mass is 307 g/mol. The summed E-state index contributed by atoms with van der Waals surface area (Å²) in [5, 5.41) is 9.70. The second-order valence-corrected chi connectivity index (χ2v) is 6.40. The lowest BCUT2D eigenvalue weighted by molar-refractivity contribution is 0.0648. The van der Waals surface area contributed by atoms with Crippen molar-refractivity contribution in [3.8, 4) is 11.5 Å². The number of aliphatic hydroxyl groups is 1. The van der Waals surface area contributed by atoms with Gasteiger partial charge in [-0.1, -0.05) is 0 Å². The van der Waals surface area contributed by atoms with Crippen LogP contribution in [0.2, 0.25) is 0 Å². The first-order valence-electron chi connectivity index (χ1n) is 8.25. The summed E-state index contributed by atoms with van der Waals surface area (Å²) in [6, 6.07) is 8.22. The molecule has 1 aromatic rings. The van der Waals surface area contributed by atoms with E-state index in [0.717, 1.165) is 37.4 Å². The summed E-state index contributed by atoms with van der Waals surface area (Å²) in [4.78, 5) is 2.51. The SMILES string of the molecule is COc1ccc(OCC(CO)C2CCN(C(C)C)CC2)cc1. The molecule has 1 aliphatic rings. The molecule has 1 heterocycles. The zero-order valence-corrected chi connectivity index (χ0v) is 14.0. The molecule has 1 N–H and O–H groups in total. The summed E-state index contributed by atoms with van der Waals surface area (Å²) in [6.45, 7) is 7.52. The summed E-state index contributed by atoms with van der Waals surface area (Å²) in [7, 11) is 1.65. The highest BCUT2D eigenvalue weighted by Gasteiger charge is 2.27. The van der Waals surface area contributed by atoms with Gasteiger partial charge in [0.05, 0.1) is 13.7 Å². The quantitative estimate of drug-likeness (QED) is 0.841. The summed E-state index contributed by atoms with van der Waals surface area (Å²) < 4.78 is 11.0. The van der Waals surface area contributed by atoms with E-state index in [2.05, 4.69) is 18.7 Å². The highest BCUT2D eigenvalue weighted by Crippen LogP contribution is 2.27. The Hall–Kier alpha value is -1.26. The third-order valence-electron chi connectivity index (χ3n) is 4.73. The molecule has 0 aromatic heterocycles. The van der Waals surface area contributed by atoms with Gasteiger partial charge in [0.25, 0.3) is 0 Å². The molecule has 0 spiro atoms. The topological polar surface area (TPSA) is 41.9 Å². The van der Waals surface area contributed by atoms with E-state index in [1.807, 2.05) is 24.3 Å². The largest absolute Gasteiger partial charge is 0.497 e. The van der Waals surface area contributed by atoms with Crippen molar-refractivity contribution in [3.05, 3.63) is 24.3 Å². The fourth-order valence-electron chi connectivity index (χ4n) is 3.12. The van der Waals surface area contributed by atoms with Crippen LogP contribution >= 0.6 is 0 Å². The van der Waals surface area contributed by atoms with Crippen LogP contribution in [0.5, 0.6) is 11.5 Å². The molecular weight excluding hydrogens is 278 g/mol. The number of hydrogen-bond donors (Lipinski definition) is 1. The number of ether oxygens (including phenoxy) is 2. The van der Waals surface area contributed by atoms with Gasteiger partial charge in [-0.2, -0.15) is 0 Å². The van der Waals surface area contributed by atoms with E-state index in [1.165, 1.54) is 0 Å². The zero-order chi connectivity index (χ0) is 15.9. The van der Waals surface area contributed by atoms with E-state index in [0.29, 0.717) is 18.6 Å². The number of rotatable bonds is 7. The average Bonchev–Trinajstić information content (AvgIpc) is 2.56. The zero-order valence-electron chi connectivity index (χ0n) is 14.0. The number of methoxy groups -OCH3 is 1. The Labute approximate surface area is 134 Å². The fourth-order valence-corrected chi connectivity index (χ4v) is 3.12. The lowest BCUT2D eigenvalue weighted by atomic mass is 9.85. The van der Waals surface area contributed by atoms with Crippen LogP contribution in [0, 0.1) is 11.8 Å². The lowest BCUT2D eigenvalue weighted by Crippen LogP contribution is -2.41. The molecule has 0 aliphatic carbocycles. The fraction of sp³-hybridized carbons (Fsp3) is 0.667. The van der Waals surface area contributed by atoms with Crippen molar-refractivity contribution in [1.82, 2.24) is 4.90 Å². The molecule has 22 heavy (non-hydrogen) atoms. The molecule has 1 saturated heterocycles. The molecule has 1 unspecified atom stereocenters. The molecule has 0 bridgehead atoms. The lowest BCUT2D eigenvalue weighted by Gasteiger charge is -2.37. The number of aliphatic hydroxyl groups excluding tert-OH is 1. The van der Waals surface area contributed by atoms with Gasteiger partial charge in [-0.3, -0.25) is 0 Å². The molecule has 4 heteroatoms. The number of piperidine rings is 1. The van der Waals surface area contributed by atoms with Gasteiger partial charge in [-0.25, -0.2) is 0 Å². The number of likely N-dealkylation sites (tertiary alicyclic amines) is 1. The van der Waals surface area contributed by atoms with Crippen LogP contribution < -0.4 is 9.47 Å². The maximum atomic E-state index is 9.70. The predicted molar refractivity (Wildman–Crippen MR) is 88.5 cm³/mol. The van der Waals surface area contributed by atoms with Gasteiger partial charge in [0, 0.05) is 18.6 Å². The molecule has 4 nitrogen and oxygen atoms in total. The van der Waals surface area contributed by atoms with Crippen molar-refractivity contribution in [3.63, 3.8) is 0 Å². The molecule has 1 aromatic carbocycles. The maximum absolute atomic E-state index is 9.70. The van der Waals surface area contributed by atoms with E-state index in [1.54, 1.807) is 7.11 Å². The summed E-state index contributed by atoms with van der Waals surface area (Å²) in [5.74, 6) is 2.43. The van der Waals surface area contributed by atoms with Crippen molar-refractivity contribution >= 4 is 0 Å². The molecule has 1 aliphatic heterocycles. The van der Waals surface area contributed by atoms with E-state index in [-0.39, 0.29) is 12.5 Å². The van der Waals surface area contributed by atoms with Crippen LogP contribution in [0.4, 0.5) is 0 Å². The van der Waals surface area contributed by atoms with E-state index >= 15 is 0 Å². The van der Waals surface area contributed by atoms with Crippen molar-refractivity contribution in [2.45, 2.75) is 32.7 Å². The molecule has 0 saturated carbocycles.